The van der Waals surface area contributed by atoms with Crippen molar-refractivity contribution < 1.29 is 23.5 Å². The molecule has 132 valence electrons. The van der Waals surface area contributed by atoms with Gasteiger partial charge in [-0.05, 0) is 28.3 Å². The van der Waals surface area contributed by atoms with Gasteiger partial charge in [0, 0.05) is 6.42 Å². The van der Waals surface area contributed by atoms with Crippen molar-refractivity contribution in [3.63, 3.8) is 0 Å². The van der Waals surface area contributed by atoms with Crippen molar-refractivity contribution in [3.8, 4) is 0 Å². The first-order valence-electron chi connectivity index (χ1n) is 7.71. The average molecular weight is 454 g/mol. The molecule has 5 nitrogen and oxygen atoms in total. The second-order valence-corrected chi connectivity index (χ2v) is 12.8. The number of carbonyl (C=O) groups is 2. The van der Waals surface area contributed by atoms with E-state index >= 15 is 0 Å². The summed E-state index contributed by atoms with van der Waals surface area (Å²) in [5.74, 6) is -0.377. The average Bonchev–Trinajstić information content (AvgIpc) is 2.41. The Balaban J connectivity index is 2.91. The summed E-state index contributed by atoms with van der Waals surface area (Å²) in [4.78, 5) is 24.0. The SMILES string of the molecule is COC(=O)C[C@@H]1CC(=O)C(O[Si](C)(C)C(C)(C)C)[C@@H](/C=C/I)O1. The van der Waals surface area contributed by atoms with Crippen molar-refractivity contribution in [2.24, 2.45) is 0 Å². The number of methoxy groups -OCH3 is 1. The zero-order valence-corrected chi connectivity index (χ0v) is 17.9. The molecule has 23 heavy (non-hydrogen) atoms. The highest BCUT2D eigenvalue weighted by atomic mass is 127. The smallest absolute Gasteiger partial charge is 0.308 e. The maximum Gasteiger partial charge on any atom is 0.308 e. The Kier molecular flexibility index (Phi) is 7.43. The first-order chi connectivity index (χ1) is 10.5. The molecule has 1 heterocycles. The lowest BCUT2D eigenvalue weighted by atomic mass is 9.98. The first-order valence-corrected chi connectivity index (χ1v) is 11.9. The van der Waals surface area contributed by atoms with Crippen LogP contribution in [0.1, 0.15) is 33.6 Å². The van der Waals surface area contributed by atoms with E-state index in [2.05, 4.69) is 61.2 Å². The summed E-state index contributed by atoms with van der Waals surface area (Å²) >= 11 is 2.09. The lowest BCUT2D eigenvalue weighted by Crippen LogP contribution is -2.54. The Hall–Kier alpha value is -0.253. The van der Waals surface area contributed by atoms with Gasteiger partial charge in [0.25, 0.3) is 0 Å². The van der Waals surface area contributed by atoms with Gasteiger partial charge in [-0.25, -0.2) is 0 Å². The minimum atomic E-state index is -2.09. The fourth-order valence-corrected chi connectivity index (χ4v) is 3.76. The van der Waals surface area contributed by atoms with Crippen molar-refractivity contribution in [3.05, 3.63) is 10.2 Å². The van der Waals surface area contributed by atoms with Crippen LogP contribution in [0.4, 0.5) is 0 Å². The van der Waals surface area contributed by atoms with Gasteiger partial charge in [-0.15, -0.1) is 0 Å². The molecule has 0 aromatic carbocycles. The summed E-state index contributed by atoms with van der Waals surface area (Å²) in [5, 5.41) is 0.00866. The van der Waals surface area contributed by atoms with E-state index < -0.39 is 26.6 Å². The zero-order chi connectivity index (χ0) is 17.8. The highest BCUT2D eigenvalue weighted by Crippen LogP contribution is 2.39. The highest BCUT2D eigenvalue weighted by Gasteiger charge is 2.45. The van der Waals surface area contributed by atoms with E-state index in [9.17, 15) is 9.59 Å². The maximum atomic E-state index is 12.6. The molecule has 1 saturated heterocycles. The van der Waals surface area contributed by atoms with Crippen molar-refractivity contribution in [2.75, 3.05) is 7.11 Å². The van der Waals surface area contributed by atoms with E-state index in [1.165, 1.54) is 7.11 Å². The lowest BCUT2D eigenvalue weighted by molar-refractivity contribution is -0.157. The largest absolute Gasteiger partial charge is 0.469 e. The number of ether oxygens (including phenoxy) is 2. The fraction of sp³-hybridized carbons (Fsp3) is 0.750. The van der Waals surface area contributed by atoms with E-state index in [1.807, 2.05) is 10.2 Å². The summed E-state index contributed by atoms with van der Waals surface area (Å²) in [6.45, 7) is 10.6. The fourth-order valence-electron chi connectivity index (χ4n) is 2.10. The Morgan fingerprint density at radius 1 is 1.43 bits per heavy atom. The number of ketones is 1. The van der Waals surface area contributed by atoms with Gasteiger partial charge in [0.05, 0.1) is 19.6 Å². The molecule has 1 fully saturated rings. The molecule has 0 N–H and O–H groups in total. The van der Waals surface area contributed by atoms with Crippen LogP contribution >= 0.6 is 22.6 Å². The number of halogens is 1. The van der Waals surface area contributed by atoms with Crippen LogP contribution in [-0.4, -0.2) is 45.5 Å². The summed E-state index contributed by atoms with van der Waals surface area (Å²) < 4.78 is 18.7. The van der Waals surface area contributed by atoms with Crippen LogP contribution in [0.15, 0.2) is 10.2 Å². The molecular formula is C16H27IO5Si. The number of hydrogen-bond acceptors (Lipinski definition) is 5. The van der Waals surface area contributed by atoms with Gasteiger partial charge >= 0.3 is 5.97 Å². The van der Waals surface area contributed by atoms with Crippen LogP contribution in [0, 0.1) is 0 Å². The third-order valence-electron chi connectivity index (χ3n) is 4.51. The van der Waals surface area contributed by atoms with Crippen LogP contribution in [0.3, 0.4) is 0 Å². The molecule has 0 aromatic rings. The molecule has 0 saturated carbocycles. The minimum absolute atomic E-state index is 0.00511. The van der Waals surface area contributed by atoms with Crippen molar-refractivity contribution in [2.45, 2.75) is 70.1 Å². The molecular weight excluding hydrogens is 427 g/mol. The van der Waals surface area contributed by atoms with E-state index in [4.69, 9.17) is 9.16 Å². The standard InChI is InChI=1S/C16H27IO5Si/c1-16(2,3)23(5,6)22-15-12(18)9-11(10-14(19)20-4)21-13(15)7-8-17/h7-8,11,13,15H,9-10H2,1-6H3/b8-7+/t11-,13+,15?/m0/s1. The van der Waals surface area contributed by atoms with Crippen molar-refractivity contribution >= 4 is 42.7 Å². The van der Waals surface area contributed by atoms with Crippen LogP contribution in [-0.2, 0) is 23.5 Å². The number of carbonyl (C=O) groups excluding carboxylic acids is 2. The monoisotopic (exact) mass is 454 g/mol. The summed E-state index contributed by atoms with van der Waals surface area (Å²) in [6.07, 6.45) is 0.569. The van der Waals surface area contributed by atoms with Gasteiger partial charge in [-0.3, -0.25) is 9.59 Å². The molecule has 1 aliphatic heterocycles. The molecule has 0 bridgehead atoms. The van der Waals surface area contributed by atoms with Gasteiger partial charge in [0.1, 0.15) is 12.2 Å². The molecule has 3 atom stereocenters. The summed E-state index contributed by atoms with van der Waals surface area (Å²) in [7, 11) is -0.763. The highest BCUT2D eigenvalue weighted by molar-refractivity contribution is 14.1. The topological polar surface area (TPSA) is 61.8 Å². The molecule has 0 amide bonds. The van der Waals surface area contributed by atoms with Crippen LogP contribution in [0.2, 0.25) is 18.1 Å². The van der Waals surface area contributed by atoms with Gasteiger partial charge in [-0.1, -0.05) is 43.4 Å². The second-order valence-electron chi connectivity index (χ2n) is 7.29. The third-order valence-corrected chi connectivity index (χ3v) is 9.38. The number of esters is 1. The van der Waals surface area contributed by atoms with Crippen LogP contribution in [0.25, 0.3) is 0 Å². The molecule has 0 aromatic heterocycles. The van der Waals surface area contributed by atoms with Gasteiger partial charge < -0.3 is 13.9 Å². The molecule has 1 unspecified atom stereocenters. The van der Waals surface area contributed by atoms with Gasteiger partial charge in [-0.2, -0.15) is 0 Å². The Labute approximate surface area is 153 Å². The predicted octanol–water partition coefficient (Wildman–Crippen LogP) is 3.62. The van der Waals surface area contributed by atoms with Crippen LogP contribution < -0.4 is 0 Å². The molecule has 7 heteroatoms. The number of rotatable bonds is 5. The molecule has 0 radical (unpaired) electrons. The Morgan fingerprint density at radius 3 is 2.52 bits per heavy atom. The summed E-state index contributed by atoms with van der Waals surface area (Å²) in [6, 6.07) is 0. The zero-order valence-electron chi connectivity index (χ0n) is 14.7. The number of Topliss-reactive ketones (excluding diaryl/α,β-unsaturated/α-hetero) is 1. The first kappa shape index (κ1) is 20.8. The molecule has 0 aliphatic carbocycles. The Bertz CT molecular complexity index is 470. The number of hydrogen-bond donors (Lipinski definition) is 0. The second kappa shape index (κ2) is 8.22. The van der Waals surface area contributed by atoms with E-state index in [-0.39, 0.29) is 29.6 Å². The van der Waals surface area contributed by atoms with E-state index in [0.29, 0.717) is 0 Å². The van der Waals surface area contributed by atoms with Gasteiger partial charge in [0.15, 0.2) is 14.1 Å². The third kappa shape index (κ3) is 5.65. The van der Waals surface area contributed by atoms with Crippen molar-refractivity contribution in [1.29, 1.82) is 0 Å². The van der Waals surface area contributed by atoms with Gasteiger partial charge in [0.2, 0.25) is 0 Å². The normalized spacial score (nSPS) is 26.6. The molecule has 1 aliphatic rings. The molecule has 1 rings (SSSR count). The summed E-state index contributed by atoms with van der Waals surface area (Å²) in [5.41, 5.74) is 0. The maximum absolute atomic E-state index is 12.6. The van der Waals surface area contributed by atoms with Crippen molar-refractivity contribution in [1.82, 2.24) is 0 Å². The predicted molar refractivity (Wildman–Crippen MR) is 100 cm³/mol. The van der Waals surface area contributed by atoms with E-state index in [0.717, 1.165) is 0 Å². The quantitative estimate of drug-likeness (QED) is 0.361. The molecule has 0 spiro atoms. The van der Waals surface area contributed by atoms with Crippen LogP contribution in [0.5, 0.6) is 0 Å². The van der Waals surface area contributed by atoms with E-state index in [1.54, 1.807) is 0 Å². The Morgan fingerprint density at radius 2 is 2.04 bits per heavy atom. The minimum Gasteiger partial charge on any atom is -0.469 e. The lowest BCUT2D eigenvalue weighted by Gasteiger charge is -2.42.